The van der Waals surface area contributed by atoms with Crippen molar-refractivity contribution in [3.05, 3.63) is 12.4 Å². The molecule has 2 unspecified atom stereocenters. The lowest BCUT2D eigenvalue weighted by atomic mass is 10.1. The van der Waals surface area contributed by atoms with E-state index in [2.05, 4.69) is 34.0 Å². The fourth-order valence-electron chi connectivity index (χ4n) is 2.26. The molecule has 1 aliphatic rings. The summed E-state index contributed by atoms with van der Waals surface area (Å²) in [4.78, 5) is 10.8. The van der Waals surface area contributed by atoms with E-state index in [1.165, 1.54) is 6.42 Å². The van der Waals surface area contributed by atoms with Crippen molar-refractivity contribution in [1.82, 2.24) is 9.97 Å². The molecule has 1 fully saturated rings. The van der Waals surface area contributed by atoms with Gasteiger partial charge in [-0.25, -0.2) is 9.97 Å². The summed E-state index contributed by atoms with van der Waals surface area (Å²) in [5.74, 6) is 2.67. The van der Waals surface area contributed by atoms with E-state index in [-0.39, 0.29) is 0 Å². The lowest BCUT2D eigenvalue weighted by Gasteiger charge is -2.22. The molecule has 2 atom stereocenters. The van der Waals surface area contributed by atoms with Crippen LogP contribution in [-0.2, 0) is 0 Å². The fourth-order valence-corrected chi connectivity index (χ4v) is 2.26. The van der Waals surface area contributed by atoms with Crippen LogP contribution < -0.4 is 10.2 Å². The van der Waals surface area contributed by atoms with Crippen molar-refractivity contribution in [2.75, 3.05) is 23.8 Å². The Hall–Kier alpha value is -1.32. The third-order valence-corrected chi connectivity index (χ3v) is 2.99. The van der Waals surface area contributed by atoms with Crippen LogP contribution in [0.4, 0.5) is 11.6 Å². The van der Waals surface area contributed by atoms with Gasteiger partial charge in [0.15, 0.2) is 0 Å². The summed E-state index contributed by atoms with van der Waals surface area (Å²) >= 11 is 0. The highest BCUT2D eigenvalue weighted by molar-refractivity contribution is 5.49. The minimum Gasteiger partial charge on any atom is -0.373 e. The number of hydrogen-bond acceptors (Lipinski definition) is 4. The van der Waals surface area contributed by atoms with Crippen LogP contribution in [0, 0.1) is 5.92 Å². The van der Waals surface area contributed by atoms with Crippen LogP contribution in [0.5, 0.6) is 0 Å². The van der Waals surface area contributed by atoms with Crippen LogP contribution >= 0.6 is 0 Å². The Morgan fingerprint density at radius 3 is 2.80 bits per heavy atom. The maximum absolute atomic E-state index is 4.33. The minimum atomic E-state index is 0.583. The molecule has 0 bridgehead atoms. The van der Waals surface area contributed by atoms with Crippen molar-refractivity contribution in [1.29, 1.82) is 0 Å². The predicted molar refractivity (Wildman–Crippen MR) is 62.2 cm³/mol. The number of anilines is 2. The number of hydrogen-bond donors (Lipinski definition) is 1. The summed E-state index contributed by atoms with van der Waals surface area (Å²) < 4.78 is 0. The number of aromatic nitrogens is 2. The molecule has 4 heteroatoms. The Morgan fingerprint density at radius 2 is 2.20 bits per heavy atom. The van der Waals surface area contributed by atoms with Crippen molar-refractivity contribution in [3.63, 3.8) is 0 Å². The average molecular weight is 206 g/mol. The molecule has 1 aromatic heterocycles. The first kappa shape index (κ1) is 10.2. The molecular weight excluding hydrogens is 188 g/mol. The highest BCUT2D eigenvalue weighted by Crippen LogP contribution is 2.27. The second kappa shape index (κ2) is 4.04. The Kier molecular flexibility index (Phi) is 2.75. The van der Waals surface area contributed by atoms with E-state index in [0.717, 1.165) is 24.1 Å². The molecule has 1 N–H and O–H groups in total. The molecule has 1 saturated heterocycles. The van der Waals surface area contributed by atoms with E-state index in [9.17, 15) is 0 Å². The van der Waals surface area contributed by atoms with Gasteiger partial charge in [-0.05, 0) is 19.3 Å². The molecule has 1 aromatic rings. The first-order valence-electron chi connectivity index (χ1n) is 5.47. The summed E-state index contributed by atoms with van der Waals surface area (Å²) in [5, 5.41) is 3.04. The fraction of sp³-hybridized carbons (Fsp3) is 0.636. The van der Waals surface area contributed by atoms with Crippen molar-refractivity contribution in [2.45, 2.75) is 26.3 Å². The van der Waals surface area contributed by atoms with Crippen LogP contribution in [0.15, 0.2) is 12.4 Å². The normalized spacial score (nSPS) is 25.7. The molecule has 0 spiro atoms. The Balaban J connectivity index is 2.21. The van der Waals surface area contributed by atoms with E-state index >= 15 is 0 Å². The standard InChI is InChI=1S/C11H18N4/c1-8-4-9(2)15(6-8)11-5-10(12-3)13-7-14-11/h5,7-9H,4,6H2,1-3H3,(H,12,13,14). The molecule has 82 valence electrons. The van der Waals surface area contributed by atoms with E-state index < -0.39 is 0 Å². The third-order valence-electron chi connectivity index (χ3n) is 2.99. The maximum atomic E-state index is 4.33. The molecular formula is C11H18N4. The highest BCUT2D eigenvalue weighted by Gasteiger charge is 2.27. The summed E-state index contributed by atoms with van der Waals surface area (Å²) in [6.07, 6.45) is 2.87. The lowest BCUT2D eigenvalue weighted by molar-refractivity contribution is 0.625. The smallest absolute Gasteiger partial charge is 0.134 e. The molecule has 0 amide bonds. The zero-order valence-electron chi connectivity index (χ0n) is 9.57. The van der Waals surface area contributed by atoms with Crippen molar-refractivity contribution in [2.24, 2.45) is 5.92 Å². The number of nitrogens with zero attached hydrogens (tertiary/aromatic N) is 3. The van der Waals surface area contributed by atoms with Crippen molar-refractivity contribution < 1.29 is 0 Å². The molecule has 4 nitrogen and oxygen atoms in total. The van der Waals surface area contributed by atoms with Crippen LogP contribution in [0.3, 0.4) is 0 Å². The van der Waals surface area contributed by atoms with Crippen LogP contribution in [0.1, 0.15) is 20.3 Å². The van der Waals surface area contributed by atoms with Gasteiger partial charge >= 0.3 is 0 Å². The quantitative estimate of drug-likeness (QED) is 0.800. The van der Waals surface area contributed by atoms with E-state index in [1.54, 1.807) is 6.33 Å². The van der Waals surface area contributed by atoms with Gasteiger partial charge in [0.05, 0.1) is 0 Å². The Labute approximate surface area is 90.7 Å². The zero-order valence-corrected chi connectivity index (χ0v) is 9.57. The highest BCUT2D eigenvalue weighted by atomic mass is 15.2. The maximum Gasteiger partial charge on any atom is 0.134 e. The average Bonchev–Trinajstić information content (AvgIpc) is 2.58. The molecule has 2 rings (SSSR count). The predicted octanol–water partition coefficient (Wildman–Crippen LogP) is 1.75. The lowest BCUT2D eigenvalue weighted by Crippen LogP contribution is -2.27. The second-order valence-corrected chi connectivity index (χ2v) is 4.35. The van der Waals surface area contributed by atoms with Crippen LogP contribution in [0.2, 0.25) is 0 Å². The SMILES string of the molecule is CNc1cc(N2CC(C)CC2C)ncn1. The van der Waals surface area contributed by atoms with E-state index in [1.807, 2.05) is 13.1 Å². The van der Waals surface area contributed by atoms with Crippen molar-refractivity contribution >= 4 is 11.6 Å². The first-order valence-corrected chi connectivity index (χ1v) is 5.47. The van der Waals surface area contributed by atoms with Gasteiger partial charge in [0.1, 0.15) is 18.0 Å². The Morgan fingerprint density at radius 1 is 1.40 bits per heavy atom. The van der Waals surface area contributed by atoms with E-state index in [4.69, 9.17) is 0 Å². The molecule has 0 radical (unpaired) electrons. The Bertz CT molecular complexity index is 339. The molecule has 1 aliphatic heterocycles. The van der Waals surface area contributed by atoms with Gasteiger partial charge in [-0.3, -0.25) is 0 Å². The zero-order chi connectivity index (χ0) is 10.8. The molecule has 0 aromatic carbocycles. The van der Waals surface area contributed by atoms with Gasteiger partial charge in [0.25, 0.3) is 0 Å². The van der Waals surface area contributed by atoms with Gasteiger partial charge in [0.2, 0.25) is 0 Å². The van der Waals surface area contributed by atoms with Gasteiger partial charge in [-0.15, -0.1) is 0 Å². The topological polar surface area (TPSA) is 41.0 Å². The summed E-state index contributed by atoms with van der Waals surface area (Å²) in [7, 11) is 1.88. The summed E-state index contributed by atoms with van der Waals surface area (Å²) in [6, 6.07) is 2.59. The molecule has 15 heavy (non-hydrogen) atoms. The van der Waals surface area contributed by atoms with Crippen LogP contribution in [0.25, 0.3) is 0 Å². The van der Waals surface area contributed by atoms with Crippen molar-refractivity contribution in [3.8, 4) is 0 Å². The number of nitrogens with one attached hydrogen (secondary N) is 1. The first-order chi connectivity index (χ1) is 7.20. The minimum absolute atomic E-state index is 0.583. The molecule has 0 aliphatic carbocycles. The van der Waals surface area contributed by atoms with Gasteiger partial charge in [-0.2, -0.15) is 0 Å². The third kappa shape index (κ3) is 2.03. The second-order valence-electron chi connectivity index (χ2n) is 4.35. The summed E-state index contributed by atoms with van der Waals surface area (Å²) in [6.45, 7) is 5.64. The molecule has 0 saturated carbocycles. The number of rotatable bonds is 2. The van der Waals surface area contributed by atoms with Gasteiger partial charge in [-0.1, -0.05) is 6.92 Å². The monoisotopic (exact) mass is 206 g/mol. The van der Waals surface area contributed by atoms with Gasteiger partial charge < -0.3 is 10.2 Å². The van der Waals surface area contributed by atoms with Crippen LogP contribution in [-0.4, -0.2) is 29.6 Å². The van der Waals surface area contributed by atoms with E-state index in [0.29, 0.717) is 6.04 Å². The largest absolute Gasteiger partial charge is 0.373 e. The van der Waals surface area contributed by atoms with Gasteiger partial charge in [0, 0.05) is 25.7 Å². The molecule has 2 heterocycles. The summed E-state index contributed by atoms with van der Waals surface area (Å²) in [5.41, 5.74) is 0.